The molecule has 1 aliphatic carbocycles. The molecule has 3 rings (SSSR count). The first-order chi connectivity index (χ1) is 8.36. The number of anilines is 2. The SMILES string of the molecule is CNc1nc(NC2CCCC2)c2[nH]cnc2n1. The molecule has 6 heteroatoms. The Hall–Kier alpha value is -1.85. The second-order valence-corrected chi connectivity index (χ2v) is 4.37. The average molecular weight is 232 g/mol. The summed E-state index contributed by atoms with van der Waals surface area (Å²) in [6.07, 6.45) is 6.68. The van der Waals surface area contributed by atoms with Gasteiger partial charge in [0.2, 0.25) is 5.95 Å². The number of fused-ring (bicyclic) bond motifs is 1. The van der Waals surface area contributed by atoms with Gasteiger partial charge in [-0.15, -0.1) is 0 Å². The Morgan fingerprint density at radius 3 is 2.88 bits per heavy atom. The van der Waals surface area contributed by atoms with Gasteiger partial charge >= 0.3 is 0 Å². The highest BCUT2D eigenvalue weighted by molar-refractivity contribution is 5.83. The van der Waals surface area contributed by atoms with Crippen LogP contribution in [-0.4, -0.2) is 33.0 Å². The number of H-pyrrole nitrogens is 1. The predicted molar refractivity (Wildman–Crippen MR) is 67.1 cm³/mol. The summed E-state index contributed by atoms with van der Waals surface area (Å²) in [6, 6.07) is 0.529. The zero-order valence-corrected chi connectivity index (χ0v) is 9.82. The third-order valence-electron chi connectivity index (χ3n) is 3.21. The molecular formula is C11H16N6. The van der Waals surface area contributed by atoms with E-state index in [0.717, 1.165) is 11.3 Å². The van der Waals surface area contributed by atoms with Crippen molar-refractivity contribution in [2.75, 3.05) is 17.7 Å². The molecule has 0 saturated heterocycles. The molecule has 1 aliphatic rings. The van der Waals surface area contributed by atoms with Gasteiger partial charge in [-0.05, 0) is 12.8 Å². The molecule has 0 aromatic carbocycles. The number of nitrogens with zero attached hydrogens (tertiary/aromatic N) is 3. The van der Waals surface area contributed by atoms with E-state index in [4.69, 9.17) is 0 Å². The summed E-state index contributed by atoms with van der Waals surface area (Å²) in [4.78, 5) is 16.0. The molecule has 0 amide bonds. The second-order valence-electron chi connectivity index (χ2n) is 4.37. The molecule has 17 heavy (non-hydrogen) atoms. The summed E-state index contributed by atoms with van der Waals surface area (Å²) < 4.78 is 0. The second kappa shape index (κ2) is 4.20. The van der Waals surface area contributed by atoms with Gasteiger partial charge in [-0.3, -0.25) is 0 Å². The zero-order valence-electron chi connectivity index (χ0n) is 9.82. The van der Waals surface area contributed by atoms with Crippen molar-refractivity contribution in [3.8, 4) is 0 Å². The number of aromatic nitrogens is 4. The van der Waals surface area contributed by atoms with Crippen LogP contribution in [0.15, 0.2) is 6.33 Å². The molecule has 90 valence electrons. The van der Waals surface area contributed by atoms with Gasteiger partial charge in [-0.25, -0.2) is 4.98 Å². The molecule has 1 saturated carbocycles. The lowest BCUT2D eigenvalue weighted by Gasteiger charge is -2.13. The summed E-state index contributed by atoms with van der Waals surface area (Å²) in [5.74, 6) is 1.45. The third-order valence-corrected chi connectivity index (χ3v) is 3.21. The predicted octanol–water partition coefficient (Wildman–Crippen LogP) is 1.75. The Labute approximate surface area is 99.3 Å². The normalized spacial score (nSPS) is 16.5. The van der Waals surface area contributed by atoms with Crippen LogP contribution in [0.25, 0.3) is 11.2 Å². The van der Waals surface area contributed by atoms with Crippen LogP contribution in [-0.2, 0) is 0 Å². The van der Waals surface area contributed by atoms with Crippen molar-refractivity contribution in [2.24, 2.45) is 0 Å². The topological polar surface area (TPSA) is 78.5 Å². The minimum absolute atomic E-state index is 0.529. The maximum atomic E-state index is 4.45. The number of imidazole rings is 1. The van der Waals surface area contributed by atoms with Gasteiger partial charge in [0.05, 0.1) is 6.33 Å². The minimum atomic E-state index is 0.529. The Kier molecular flexibility index (Phi) is 2.55. The Morgan fingerprint density at radius 1 is 1.29 bits per heavy atom. The number of hydrogen-bond donors (Lipinski definition) is 3. The van der Waals surface area contributed by atoms with Crippen LogP contribution in [0.4, 0.5) is 11.8 Å². The number of rotatable bonds is 3. The zero-order chi connectivity index (χ0) is 11.7. The van der Waals surface area contributed by atoms with Gasteiger partial charge < -0.3 is 15.6 Å². The standard InChI is InChI=1S/C11H16N6/c1-12-11-16-9-8(13-6-14-9)10(17-11)15-7-4-2-3-5-7/h6-7H,2-5H2,1H3,(H3,12,13,14,15,16,17). The lowest BCUT2D eigenvalue weighted by Crippen LogP contribution is -2.16. The first kappa shape index (κ1) is 10.3. The molecule has 2 aromatic heterocycles. The van der Waals surface area contributed by atoms with E-state index in [0.29, 0.717) is 17.6 Å². The summed E-state index contributed by atoms with van der Waals surface area (Å²) in [5.41, 5.74) is 1.58. The number of aromatic amines is 1. The van der Waals surface area contributed by atoms with Crippen molar-refractivity contribution in [1.82, 2.24) is 19.9 Å². The van der Waals surface area contributed by atoms with Gasteiger partial charge in [-0.1, -0.05) is 12.8 Å². The summed E-state index contributed by atoms with van der Waals surface area (Å²) in [7, 11) is 1.81. The lowest BCUT2D eigenvalue weighted by molar-refractivity contribution is 0.751. The first-order valence-corrected chi connectivity index (χ1v) is 6.02. The maximum Gasteiger partial charge on any atom is 0.226 e. The van der Waals surface area contributed by atoms with E-state index in [1.807, 2.05) is 7.05 Å². The van der Waals surface area contributed by atoms with Gasteiger partial charge in [0, 0.05) is 13.1 Å². The average Bonchev–Trinajstić information content (AvgIpc) is 2.98. The molecule has 0 atom stereocenters. The lowest BCUT2D eigenvalue weighted by atomic mass is 10.2. The van der Waals surface area contributed by atoms with Crippen LogP contribution >= 0.6 is 0 Å². The molecule has 2 aromatic rings. The summed E-state index contributed by atoms with van der Waals surface area (Å²) in [6.45, 7) is 0. The Morgan fingerprint density at radius 2 is 2.12 bits per heavy atom. The number of nitrogens with one attached hydrogen (secondary N) is 3. The third kappa shape index (κ3) is 1.90. The summed E-state index contributed by atoms with van der Waals surface area (Å²) in [5, 5.41) is 6.44. The van der Waals surface area contributed by atoms with Crippen LogP contribution in [0.1, 0.15) is 25.7 Å². The van der Waals surface area contributed by atoms with E-state index in [9.17, 15) is 0 Å². The van der Waals surface area contributed by atoms with Crippen molar-refractivity contribution in [1.29, 1.82) is 0 Å². The highest BCUT2D eigenvalue weighted by Gasteiger charge is 2.17. The molecular weight excluding hydrogens is 216 g/mol. The van der Waals surface area contributed by atoms with E-state index < -0.39 is 0 Å². The van der Waals surface area contributed by atoms with Gasteiger partial charge in [0.25, 0.3) is 0 Å². The van der Waals surface area contributed by atoms with Crippen LogP contribution in [0.5, 0.6) is 0 Å². The molecule has 0 unspecified atom stereocenters. The highest BCUT2D eigenvalue weighted by Crippen LogP contribution is 2.25. The fourth-order valence-electron chi connectivity index (χ4n) is 2.31. The largest absolute Gasteiger partial charge is 0.365 e. The molecule has 6 nitrogen and oxygen atoms in total. The van der Waals surface area contributed by atoms with Crippen molar-refractivity contribution < 1.29 is 0 Å². The van der Waals surface area contributed by atoms with Gasteiger partial charge in [0.15, 0.2) is 11.5 Å². The van der Waals surface area contributed by atoms with E-state index >= 15 is 0 Å². The maximum absolute atomic E-state index is 4.45. The van der Waals surface area contributed by atoms with Crippen LogP contribution in [0.3, 0.4) is 0 Å². The minimum Gasteiger partial charge on any atom is -0.365 e. The van der Waals surface area contributed by atoms with Crippen LogP contribution < -0.4 is 10.6 Å². The van der Waals surface area contributed by atoms with Gasteiger partial charge in [0.1, 0.15) is 5.52 Å². The molecule has 2 heterocycles. The van der Waals surface area contributed by atoms with Crippen LogP contribution in [0, 0.1) is 0 Å². The van der Waals surface area contributed by atoms with Crippen molar-refractivity contribution >= 4 is 22.9 Å². The summed E-state index contributed by atoms with van der Waals surface area (Å²) >= 11 is 0. The quantitative estimate of drug-likeness (QED) is 0.751. The first-order valence-electron chi connectivity index (χ1n) is 6.02. The Balaban J connectivity index is 1.97. The van der Waals surface area contributed by atoms with E-state index in [2.05, 4.69) is 30.6 Å². The van der Waals surface area contributed by atoms with Crippen molar-refractivity contribution in [3.05, 3.63) is 6.33 Å². The molecule has 0 radical (unpaired) electrons. The van der Waals surface area contributed by atoms with E-state index in [-0.39, 0.29) is 0 Å². The van der Waals surface area contributed by atoms with E-state index in [1.54, 1.807) is 6.33 Å². The monoisotopic (exact) mass is 232 g/mol. The van der Waals surface area contributed by atoms with Gasteiger partial charge in [-0.2, -0.15) is 9.97 Å². The van der Waals surface area contributed by atoms with E-state index in [1.165, 1.54) is 25.7 Å². The molecule has 3 N–H and O–H groups in total. The number of hydrogen-bond acceptors (Lipinski definition) is 5. The smallest absolute Gasteiger partial charge is 0.226 e. The van der Waals surface area contributed by atoms with Crippen molar-refractivity contribution in [3.63, 3.8) is 0 Å². The molecule has 0 aliphatic heterocycles. The molecule has 0 spiro atoms. The fraction of sp³-hybridized carbons (Fsp3) is 0.545. The molecule has 1 fully saturated rings. The van der Waals surface area contributed by atoms with Crippen molar-refractivity contribution in [2.45, 2.75) is 31.7 Å². The molecule has 0 bridgehead atoms. The Bertz CT molecular complexity index is 514. The fourth-order valence-corrected chi connectivity index (χ4v) is 2.31. The highest BCUT2D eigenvalue weighted by atomic mass is 15.2. The van der Waals surface area contributed by atoms with Crippen LogP contribution in [0.2, 0.25) is 0 Å².